The summed E-state index contributed by atoms with van der Waals surface area (Å²) in [5.41, 5.74) is 8.61. The van der Waals surface area contributed by atoms with Crippen LogP contribution in [0.1, 0.15) is 22.5 Å². The molecule has 3 N–H and O–H groups in total. The summed E-state index contributed by atoms with van der Waals surface area (Å²) in [4.78, 5) is 4.30. The number of oxime groups is 1. The van der Waals surface area contributed by atoms with Crippen LogP contribution in [0.2, 0.25) is 5.02 Å². The number of hydrogen-bond acceptors (Lipinski definition) is 4. The topological polar surface area (TPSA) is 80.7 Å². The molecule has 1 aromatic heterocycles. The number of nitrogens with zero attached hydrogens (tertiary/aromatic N) is 2. The van der Waals surface area contributed by atoms with Crippen LogP contribution in [0.5, 0.6) is 5.75 Å². The van der Waals surface area contributed by atoms with E-state index in [4.69, 9.17) is 27.3 Å². The van der Waals surface area contributed by atoms with Gasteiger partial charge in [0.25, 0.3) is 0 Å². The van der Waals surface area contributed by atoms with Gasteiger partial charge in [-0.25, -0.2) is 0 Å². The molecule has 0 unspecified atom stereocenters. The van der Waals surface area contributed by atoms with E-state index in [9.17, 15) is 0 Å². The number of nitrogens with two attached hydrogens (primary N) is 1. The van der Waals surface area contributed by atoms with Crippen molar-refractivity contribution in [3.05, 3.63) is 57.9 Å². The normalized spacial score (nSPS) is 11.5. The largest absolute Gasteiger partial charge is 0.488 e. The zero-order chi connectivity index (χ0) is 15.4. The van der Waals surface area contributed by atoms with Crippen molar-refractivity contribution in [1.29, 1.82) is 0 Å². The molecule has 0 saturated heterocycles. The Bertz CT molecular complexity index is 669. The Kier molecular flexibility index (Phi) is 4.65. The molecule has 0 spiro atoms. The number of rotatable bonds is 4. The molecule has 0 radical (unpaired) electrons. The Balaban J connectivity index is 2.28. The van der Waals surface area contributed by atoms with Crippen LogP contribution in [0.15, 0.2) is 35.5 Å². The van der Waals surface area contributed by atoms with Crippen LogP contribution >= 0.6 is 11.6 Å². The van der Waals surface area contributed by atoms with Crippen LogP contribution in [0, 0.1) is 13.8 Å². The molecule has 2 rings (SSSR count). The highest BCUT2D eigenvalue weighted by Gasteiger charge is 2.14. The van der Waals surface area contributed by atoms with E-state index >= 15 is 0 Å². The highest BCUT2D eigenvalue weighted by Crippen LogP contribution is 2.23. The Morgan fingerprint density at radius 3 is 2.62 bits per heavy atom. The van der Waals surface area contributed by atoms with Gasteiger partial charge >= 0.3 is 0 Å². The predicted octanol–water partition coefficient (Wildman–Crippen LogP) is 3.03. The van der Waals surface area contributed by atoms with E-state index in [1.54, 1.807) is 25.1 Å². The molecule has 0 saturated carbocycles. The zero-order valence-corrected chi connectivity index (χ0v) is 12.6. The standard InChI is InChI=1S/C15H16ClN3O2/c1-9-7-13(14(10(2)18-9)15(17)19-20)21-8-11-3-5-12(16)6-4-11/h3-7,20H,8H2,1-2H3,(H2,17,19). The van der Waals surface area contributed by atoms with Gasteiger partial charge in [0, 0.05) is 16.8 Å². The van der Waals surface area contributed by atoms with E-state index in [0.717, 1.165) is 11.3 Å². The summed E-state index contributed by atoms with van der Waals surface area (Å²) in [6.07, 6.45) is 0. The van der Waals surface area contributed by atoms with Crippen molar-refractivity contribution in [2.24, 2.45) is 10.9 Å². The molecule has 0 fully saturated rings. The molecule has 0 bridgehead atoms. The van der Waals surface area contributed by atoms with E-state index in [0.29, 0.717) is 28.6 Å². The molecule has 6 heteroatoms. The summed E-state index contributed by atoms with van der Waals surface area (Å²) in [7, 11) is 0. The Hall–Kier alpha value is -2.27. The highest BCUT2D eigenvalue weighted by atomic mass is 35.5. The van der Waals surface area contributed by atoms with Gasteiger partial charge in [-0.3, -0.25) is 4.98 Å². The lowest BCUT2D eigenvalue weighted by Gasteiger charge is -2.13. The van der Waals surface area contributed by atoms with Gasteiger partial charge < -0.3 is 15.7 Å². The summed E-state index contributed by atoms with van der Waals surface area (Å²) in [5.74, 6) is 0.511. The first-order valence-corrected chi connectivity index (χ1v) is 6.72. The number of halogens is 1. The lowest BCUT2D eigenvalue weighted by atomic mass is 10.1. The van der Waals surface area contributed by atoms with Crippen LogP contribution in [0.3, 0.4) is 0 Å². The smallest absolute Gasteiger partial charge is 0.175 e. The van der Waals surface area contributed by atoms with Crippen molar-refractivity contribution in [3.8, 4) is 5.75 Å². The second-order valence-corrected chi connectivity index (χ2v) is 5.06. The summed E-state index contributed by atoms with van der Waals surface area (Å²) < 4.78 is 5.79. The van der Waals surface area contributed by atoms with Crippen molar-refractivity contribution in [2.75, 3.05) is 0 Å². The molecule has 0 aliphatic carbocycles. The van der Waals surface area contributed by atoms with E-state index in [1.165, 1.54) is 0 Å². The van der Waals surface area contributed by atoms with Gasteiger partial charge in [-0.1, -0.05) is 28.9 Å². The molecular formula is C15H16ClN3O2. The molecule has 2 aromatic rings. The van der Waals surface area contributed by atoms with Gasteiger partial charge in [0.1, 0.15) is 12.4 Å². The van der Waals surface area contributed by atoms with Crippen molar-refractivity contribution >= 4 is 17.4 Å². The number of pyridine rings is 1. The molecule has 0 aliphatic rings. The fraction of sp³-hybridized carbons (Fsp3) is 0.200. The first-order valence-electron chi connectivity index (χ1n) is 6.34. The minimum Gasteiger partial charge on any atom is -0.488 e. The third-order valence-electron chi connectivity index (χ3n) is 2.96. The second-order valence-electron chi connectivity index (χ2n) is 4.62. The molecule has 0 amide bonds. The number of aryl methyl sites for hydroxylation is 2. The third kappa shape index (κ3) is 3.64. The molecule has 1 heterocycles. The SMILES string of the molecule is Cc1cc(OCc2ccc(Cl)cc2)c(/C(N)=N/O)c(C)n1. The van der Waals surface area contributed by atoms with Crippen LogP contribution in [0.25, 0.3) is 0 Å². The fourth-order valence-corrected chi connectivity index (χ4v) is 2.14. The Morgan fingerprint density at radius 1 is 1.33 bits per heavy atom. The van der Waals surface area contributed by atoms with Crippen LogP contribution in [0.4, 0.5) is 0 Å². The molecule has 0 aliphatic heterocycles. The monoisotopic (exact) mass is 305 g/mol. The van der Waals surface area contributed by atoms with Gasteiger partial charge in [-0.05, 0) is 31.5 Å². The predicted molar refractivity (Wildman–Crippen MR) is 82.0 cm³/mol. The average molecular weight is 306 g/mol. The van der Waals surface area contributed by atoms with Crippen molar-refractivity contribution in [2.45, 2.75) is 20.5 Å². The van der Waals surface area contributed by atoms with Crippen LogP contribution < -0.4 is 10.5 Å². The molecule has 110 valence electrons. The van der Waals surface area contributed by atoms with Crippen LogP contribution in [-0.4, -0.2) is 16.0 Å². The second kappa shape index (κ2) is 6.45. The fourth-order valence-electron chi connectivity index (χ4n) is 2.01. The minimum absolute atomic E-state index is 0.0221. The maximum Gasteiger partial charge on any atom is 0.175 e. The number of aromatic nitrogens is 1. The maximum atomic E-state index is 8.89. The number of hydrogen-bond donors (Lipinski definition) is 2. The summed E-state index contributed by atoms with van der Waals surface area (Å²) >= 11 is 5.85. The van der Waals surface area contributed by atoms with Crippen molar-refractivity contribution in [1.82, 2.24) is 4.98 Å². The van der Waals surface area contributed by atoms with E-state index in [2.05, 4.69) is 10.1 Å². The minimum atomic E-state index is -0.0221. The summed E-state index contributed by atoms with van der Waals surface area (Å²) in [5, 5.41) is 12.6. The molecule has 1 aromatic carbocycles. The maximum absolute atomic E-state index is 8.89. The number of amidine groups is 1. The van der Waals surface area contributed by atoms with Gasteiger partial charge in [0.05, 0.1) is 11.3 Å². The van der Waals surface area contributed by atoms with E-state index in [-0.39, 0.29) is 5.84 Å². The lowest BCUT2D eigenvalue weighted by molar-refractivity contribution is 0.302. The zero-order valence-electron chi connectivity index (χ0n) is 11.8. The molecule has 0 atom stereocenters. The molecular weight excluding hydrogens is 290 g/mol. The first kappa shape index (κ1) is 15.1. The lowest BCUT2D eigenvalue weighted by Crippen LogP contribution is -2.17. The summed E-state index contributed by atoms with van der Waals surface area (Å²) in [6, 6.07) is 9.12. The van der Waals surface area contributed by atoms with Gasteiger partial charge in [-0.2, -0.15) is 0 Å². The van der Waals surface area contributed by atoms with E-state index in [1.807, 2.05) is 19.1 Å². The number of benzene rings is 1. The molecule has 21 heavy (non-hydrogen) atoms. The molecule has 5 nitrogen and oxygen atoms in total. The van der Waals surface area contributed by atoms with E-state index < -0.39 is 0 Å². The first-order chi connectivity index (χ1) is 10.0. The quantitative estimate of drug-likeness (QED) is 0.394. The van der Waals surface area contributed by atoms with Crippen molar-refractivity contribution < 1.29 is 9.94 Å². The van der Waals surface area contributed by atoms with Gasteiger partial charge in [0.2, 0.25) is 0 Å². The highest BCUT2D eigenvalue weighted by molar-refractivity contribution is 6.30. The van der Waals surface area contributed by atoms with Crippen molar-refractivity contribution in [3.63, 3.8) is 0 Å². The third-order valence-corrected chi connectivity index (χ3v) is 3.22. The number of ether oxygens (including phenoxy) is 1. The average Bonchev–Trinajstić information content (AvgIpc) is 2.45. The Labute approximate surface area is 128 Å². The van der Waals surface area contributed by atoms with Gasteiger partial charge in [0.15, 0.2) is 5.84 Å². The summed E-state index contributed by atoms with van der Waals surface area (Å²) in [6.45, 7) is 4.00. The van der Waals surface area contributed by atoms with Gasteiger partial charge in [-0.15, -0.1) is 0 Å². The van der Waals surface area contributed by atoms with Crippen LogP contribution in [-0.2, 0) is 6.61 Å². The Morgan fingerprint density at radius 2 is 2.00 bits per heavy atom.